The van der Waals surface area contributed by atoms with Crippen LogP contribution in [0.2, 0.25) is 0 Å². The van der Waals surface area contributed by atoms with Gasteiger partial charge in [0, 0.05) is 26.1 Å². The first kappa shape index (κ1) is 16.3. The molecule has 1 N–H and O–H groups in total. The maximum atomic E-state index is 12.6. The molecule has 0 spiro atoms. The van der Waals surface area contributed by atoms with Gasteiger partial charge in [0.1, 0.15) is 0 Å². The first-order valence-corrected chi connectivity index (χ1v) is 9.43. The molecule has 0 aromatic carbocycles. The zero-order chi connectivity index (χ0) is 15.4. The van der Waals surface area contributed by atoms with Crippen LogP contribution in [-0.2, 0) is 4.79 Å². The molecule has 3 saturated heterocycles. The molecule has 4 nitrogen and oxygen atoms in total. The van der Waals surface area contributed by atoms with E-state index in [9.17, 15) is 4.79 Å². The number of carbonyl (C=O) groups is 1. The number of rotatable bonds is 5. The molecule has 2 atom stereocenters. The van der Waals surface area contributed by atoms with Crippen LogP contribution in [0.15, 0.2) is 0 Å². The number of nitrogens with zero attached hydrogens (tertiary/aromatic N) is 2. The van der Waals surface area contributed by atoms with Gasteiger partial charge < -0.3 is 15.1 Å². The number of likely N-dealkylation sites (tertiary alicyclic amines) is 2. The Morgan fingerprint density at radius 1 is 1.14 bits per heavy atom. The molecule has 3 fully saturated rings. The molecule has 0 aliphatic carbocycles. The lowest BCUT2D eigenvalue weighted by molar-refractivity contribution is -0.131. The van der Waals surface area contributed by atoms with Gasteiger partial charge in [0.25, 0.3) is 0 Å². The topological polar surface area (TPSA) is 35.6 Å². The van der Waals surface area contributed by atoms with Crippen LogP contribution in [0.25, 0.3) is 0 Å². The zero-order valence-electron chi connectivity index (χ0n) is 14.2. The predicted molar refractivity (Wildman–Crippen MR) is 89.7 cm³/mol. The monoisotopic (exact) mass is 307 g/mol. The van der Waals surface area contributed by atoms with Crippen molar-refractivity contribution < 1.29 is 4.79 Å². The van der Waals surface area contributed by atoms with Gasteiger partial charge in [-0.15, -0.1) is 0 Å². The number of hydrogen-bond acceptors (Lipinski definition) is 3. The van der Waals surface area contributed by atoms with Gasteiger partial charge >= 0.3 is 0 Å². The van der Waals surface area contributed by atoms with Gasteiger partial charge in [-0.3, -0.25) is 4.79 Å². The Kier molecular flexibility index (Phi) is 5.75. The van der Waals surface area contributed by atoms with E-state index in [0.29, 0.717) is 11.8 Å². The largest absolute Gasteiger partial charge is 0.342 e. The van der Waals surface area contributed by atoms with E-state index >= 15 is 0 Å². The second-order valence-electron chi connectivity index (χ2n) is 7.77. The standard InChI is InChI=1S/C18H33N3O/c1-15(17-4-7-19-8-5-17)12-18(22)21-11-6-16(14-21)13-20-9-2-3-10-20/h15-17,19H,2-14H2,1H3. The molecule has 3 rings (SSSR count). The van der Waals surface area contributed by atoms with E-state index in [4.69, 9.17) is 0 Å². The molecule has 4 heteroatoms. The summed E-state index contributed by atoms with van der Waals surface area (Å²) in [5.41, 5.74) is 0. The summed E-state index contributed by atoms with van der Waals surface area (Å²) in [5, 5.41) is 3.42. The van der Waals surface area contributed by atoms with Crippen LogP contribution in [0.5, 0.6) is 0 Å². The summed E-state index contributed by atoms with van der Waals surface area (Å²) >= 11 is 0. The Bertz CT molecular complexity index is 361. The van der Waals surface area contributed by atoms with E-state index in [1.54, 1.807) is 0 Å². The molecular weight excluding hydrogens is 274 g/mol. The Hall–Kier alpha value is -0.610. The Balaban J connectivity index is 1.40. The Morgan fingerprint density at radius 2 is 1.86 bits per heavy atom. The van der Waals surface area contributed by atoms with Crippen molar-refractivity contribution in [3.63, 3.8) is 0 Å². The van der Waals surface area contributed by atoms with E-state index in [0.717, 1.165) is 44.4 Å². The van der Waals surface area contributed by atoms with E-state index in [1.165, 1.54) is 51.7 Å². The highest BCUT2D eigenvalue weighted by Gasteiger charge is 2.30. The van der Waals surface area contributed by atoms with Crippen LogP contribution in [0, 0.1) is 17.8 Å². The molecule has 0 radical (unpaired) electrons. The molecule has 3 aliphatic heterocycles. The third-order valence-electron chi connectivity index (χ3n) is 6.04. The number of carbonyl (C=O) groups excluding carboxylic acids is 1. The number of hydrogen-bond donors (Lipinski definition) is 1. The van der Waals surface area contributed by atoms with E-state index in [2.05, 4.69) is 22.0 Å². The smallest absolute Gasteiger partial charge is 0.222 e. The van der Waals surface area contributed by atoms with Crippen molar-refractivity contribution in [2.24, 2.45) is 17.8 Å². The highest BCUT2D eigenvalue weighted by atomic mass is 16.2. The second-order valence-corrected chi connectivity index (χ2v) is 7.77. The minimum atomic E-state index is 0.412. The Morgan fingerprint density at radius 3 is 2.59 bits per heavy atom. The summed E-state index contributed by atoms with van der Waals surface area (Å²) in [4.78, 5) is 17.3. The summed E-state index contributed by atoms with van der Waals surface area (Å²) in [7, 11) is 0. The molecular formula is C18H33N3O. The molecule has 22 heavy (non-hydrogen) atoms. The fourth-order valence-corrected chi connectivity index (χ4v) is 4.52. The summed E-state index contributed by atoms with van der Waals surface area (Å²) in [6.45, 7) is 10.3. The molecule has 0 aromatic heterocycles. The number of amides is 1. The average molecular weight is 307 g/mol. The lowest BCUT2D eigenvalue weighted by Gasteiger charge is -2.29. The van der Waals surface area contributed by atoms with Crippen LogP contribution in [0.4, 0.5) is 0 Å². The van der Waals surface area contributed by atoms with Gasteiger partial charge in [-0.2, -0.15) is 0 Å². The van der Waals surface area contributed by atoms with Gasteiger partial charge in [0.2, 0.25) is 5.91 Å². The highest BCUT2D eigenvalue weighted by Crippen LogP contribution is 2.27. The summed E-state index contributed by atoms with van der Waals surface area (Å²) < 4.78 is 0. The third kappa shape index (κ3) is 4.23. The molecule has 3 heterocycles. The predicted octanol–water partition coefficient (Wildman–Crippen LogP) is 1.96. The zero-order valence-corrected chi connectivity index (χ0v) is 14.2. The molecule has 0 aromatic rings. The van der Waals surface area contributed by atoms with Crippen molar-refractivity contribution in [1.29, 1.82) is 0 Å². The van der Waals surface area contributed by atoms with Crippen LogP contribution < -0.4 is 5.32 Å². The van der Waals surface area contributed by atoms with Gasteiger partial charge in [-0.25, -0.2) is 0 Å². The van der Waals surface area contributed by atoms with E-state index in [-0.39, 0.29) is 0 Å². The quantitative estimate of drug-likeness (QED) is 0.843. The molecule has 2 unspecified atom stereocenters. The molecule has 0 saturated carbocycles. The maximum absolute atomic E-state index is 12.6. The van der Waals surface area contributed by atoms with Gasteiger partial charge in [-0.1, -0.05) is 6.92 Å². The molecule has 1 amide bonds. The third-order valence-corrected chi connectivity index (χ3v) is 6.04. The lowest BCUT2D eigenvalue weighted by atomic mass is 9.84. The van der Waals surface area contributed by atoms with Crippen LogP contribution >= 0.6 is 0 Å². The van der Waals surface area contributed by atoms with Crippen LogP contribution in [0.1, 0.15) is 45.4 Å². The van der Waals surface area contributed by atoms with Crippen molar-refractivity contribution in [3.8, 4) is 0 Å². The lowest BCUT2D eigenvalue weighted by Crippen LogP contribution is -2.35. The summed E-state index contributed by atoms with van der Waals surface area (Å²) in [6.07, 6.45) is 7.19. The summed E-state index contributed by atoms with van der Waals surface area (Å²) in [6, 6.07) is 0. The average Bonchev–Trinajstić information content (AvgIpc) is 3.20. The van der Waals surface area contributed by atoms with Gasteiger partial charge in [-0.05, 0) is 76.0 Å². The minimum absolute atomic E-state index is 0.412. The number of nitrogens with one attached hydrogen (secondary N) is 1. The fraction of sp³-hybridized carbons (Fsp3) is 0.944. The van der Waals surface area contributed by atoms with E-state index < -0.39 is 0 Å². The first-order chi connectivity index (χ1) is 10.7. The molecule has 0 bridgehead atoms. The summed E-state index contributed by atoms with van der Waals surface area (Å²) in [5.74, 6) is 2.42. The van der Waals surface area contributed by atoms with Crippen molar-refractivity contribution in [2.45, 2.75) is 45.4 Å². The molecule has 126 valence electrons. The normalized spacial score (nSPS) is 29.1. The minimum Gasteiger partial charge on any atom is -0.342 e. The first-order valence-electron chi connectivity index (χ1n) is 9.43. The Labute approximate surface area is 135 Å². The number of piperidine rings is 1. The van der Waals surface area contributed by atoms with Crippen LogP contribution in [0.3, 0.4) is 0 Å². The molecule has 3 aliphatic rings. The van der Waals surface area contributed by atoms with Crippen molar-refractivity contribution in [1.82, 2.24) is 15.1 Å². The van der Waals surface area contributed by atoms with Crippen LogP contribution in [-0.4, -0.2) is 61.5 Å². The highest BCUT2D eigenvalue weighted by molar-refractivity contribution is 5.76. The van der Waals surface area contributed by atoms with Gasteiger partial charge in [0.05, 0.1) is 0 Å². The second kappa shape index (κ2) is 7.78. The van der Waals surface area contributed by atoms with Crippen molar-refractivity contribution in [2.75, 3.05) is 45.8 Å². The van der Waals surface area contributed by atoms with Crippen molar-refractivity contribution in [3.05, 3.63) is 0 Å². The van der Waals surface area contributed by atoms with Crippen molar-refractivity contribution >= 4 is 5.91 Å². The maximum Gasteiger partial charge on any atom is 0.222 e. The van der Waals surface area contributed by atoms with E-state index in [1.807, 2.05) is 0 Å². The van der Waals surface area contributed by atoms with Gasteiger partial charge in [0.15, 0.2) is 0 Å². The SMILES string of the molecule is CC(CC(=O)N1CCC(CN2CCCC2)C1)C1CCNCC1. The fourth-order valence-electron chi connectivity index (χ4n) is 4.52.